The van der Waals surface area contributed by atoms with E-state index in [2.05, 4.69) is 10.4 Å². The minimum atomic E-state index is -0.575. The quantitative estimate of drug-likeness (QED) is 0.731. The molecule has 8 nitrogen and oxygen atoms in total. The molecule has 3 aromatic rings. The topological polar surface area (TPSA) is 83.6 Å². The predicted octanol–water partition coefficient (Wildman–Crippen LogP) is 2.45. The number of carbonyl (C=O) groups excluding carboxylic acids is 1. The van der Waals surface area contributed by atoms with Crippen LogP contribution in [0, 0.1) is 5.82 Å². The van der Waals surface area contributed by atoms with Gasteiger partial charge >= 0.3 is 11.8 Å². The van der Waals surface area contributed by atoms with E-state index in [1.165, 1.54) is 28.9 Å². The van der Waals surface area contributed by atoms with Crippen LogP contribution in [0.25, 0.3) is 11.5 Å². The summed E-state index contributed by atoms with van der Waals surface area (Å²) in [4.78, 5) is 28.2. The summed E-state index contributed by atoms with van der Waals surface area (Å²) >= 11 is 0. The number of rotatable bonds is 4. The number of aromatic nitrogens is 2. The Labute approximate surface area is 166 Å². The molecule has 1 aliphatic heterocycles. The van der Waals surface area contributed by atoms with E-state index in [0.717, 1.165) is 5.69 Å². The second-order valence-corrected chi connectivity index (χ2v) is 6.72. The summed E-state index contributed by atoms with van der Waals surface area (Å²) < 4.78 is 19.5. The van der Waals surface area contributed by atoms with Gasteiger partial charge in [-0.25, -0.2) is 14.0 Å². The van der Waals surface area contributed by atoms with Crippen LogP contribution in [0.4, 0.5) is 14.9 Å². The van der Waals surface area contributed by atoms with Crippen molar-refractivity contribution in [1.29, 1.82) is 0 Å². The standard InChI is InChI=1S/C20H20FN5O3/c21-16-8-6-15(7-9-16)18-23-26(20(28)29-18)14-24-10-12-25(13-11-24)19(27)22-17-4-2-1-3-5-17/h1-9H,10-14H2,(H,22,27). The van der Waals surface area contributed by atoms with E-state index < -0.39 is 5.76 Å². The normalized spacial score (nSPS) is 14.7. The molecule has 0 radical (unpaired) electrons. The molecule has 150 valence electrons. The molecule has 0 spiro atoms. The number of halogens is 1. The van der Waals surface area contributed by atoms with Gasteiger partial charge in [-0.15, -0.1) is 5.10 Å². The van der Waals surface area contributed by atoms with Crippen molar-refractivity contribution in [2.75, 3.05) is 31.5 Å². The van der Waals surface area contributed by atoms with Crippen molar-refractivity contribution < 1.29 is 13.6 Å². The lowest BCUT2D eigenvalue weighted by Crippen LogP contribution is -2.50. The highest BCUT2D eigenvalue weighted by atomic mass is 19.1. The van der Waals surface area contributed by atoms with Crippen LogP contribution < -0.4 is 11.1 Å². The van der Waals surface area contributed by atoms with Gasteiger partial charge in [0, 0.05) is 37.4 Å². The van der Waals surface area contributed by atoms with Crippen LogP contribution in [0.5, 0.6) is 0 Å². The highest BCUT2D eigenvalue weighted by molar-refractivity contribution is 5.89. The van der Waals surface area contributed by atoms with Crippen LogP contribution in [0.2, 0.25) is 0 Å². The Balaban J connectivity index is 1.33. The Morgan fingerprint density at radius 3 is 2.41 bits per heavy atom. The van der Waals surface area contributed by atoms with Gasteiger partial charge in [-0.05, 0) is 36.4 Å². The zero-order valence-electron chi connectivity index (χ0n) is 15.6. The molecule has 1 aliphatic rings. The number of carbonyl (C=O) groups is 1. The van der Waals surface area contributed by atoms with Gasteiger partial charge in [0.05, 0.1) is 0 Å². The van der Waals surface area contributed by atoms with E-state index in [-0.39, 0.29) is 24.4 Å². The van der Waals surface area contributed by atoms with Crippen molar-refractivity contribution in [3.63, 3.8) is 0 Å². The summed E-state index contributed by atoms with van der Waals surface area (Å²) in [5.74, 6) is -0.797. The molecule has 2 amide bonds. The molecule has 0 unspecified atom stereocenters. The molecule has 0 atom stereocenters. The number of anilines is 1. The first-order valence-corrected chi connectivity index (χ1v) is 9.26. The Kier molecular flexibility index (Phi) is 5.39. The van der Waals surface area contributed by atoms with E-state index >= 15 is 0 Å². The van der Waals surface area contributed by atoms with Crippen molar-refractivity contribution in [2.45, 2.75) is 6.67 Å². The van der Waals surface area contributed by atoms with Crippen LogP contribution in [-0.2, 0) is 6.67 Å². The third-order valence-electron chi connectivity index (χ3n) is 4.72. The summed E-state index contributed by atoms with van der Waals surface area (Å²) in [5.41, 5.74) is 1.28. The van der Waals surface area contributed by atoms with Crippen molar-refractivity contribution in [1.82, 2.24) is 19.6 Å². The molecule has 0 bridgehead atoms. The predicted molar refractivity (Wildman–Crippen MR) is 105 cm³/mol. The smallest absolute Gasteiger partial charge is 0.388 e. The first kappa shape index (κ1) is 18.9. The van der Waals surface area contributed by atoms with Gasteiger partial charge in [0.15, 0.2) is 0 Å². The maximum atomic E-state index is 13.0. The second kappa shape index (κ2) is 8.27. The Hall–Kier alpha value is -3.46. The van der Waals surface area contributed by atoms with Crippen molar-refractivity contribution >= 4 is 11.7 Å². The first-order valence-electron chi connectivity index (χ1n) is 9.26. The molecule has 1 saturated heterocycles. The minimum Gasteiger partial charge on any atom is -0.388 e. The molecule has 29 heavy (non-hydrogen) atoms. The summed E-state index contributed by atoms with van der Waals surface area (Å²) in [6.07, 6.45) is 0. The van der Waals surface area contributed by atoms with Crippen molar-refractivity contribution in [2.24, 2.45) is 0 Å². The molecule has 0 saturated carbocycles. The lowest BCUT2D eigenvalue weighted by Gasteiger charge is -2.34. The number of hydrogen-bond acceptors (Lipinski definition) is 5. The number of benzene rings is 2. The van der Waals surface area contributed by atoms with Crippen molar-refractivity contribution in [3.05, 3.63) is 71.0 Å². The third kappa shape index (κ3) is 4.52. The fourth-order valence-electron chi connectivity index (χ4n) is 3.11. The highest BCUT2D eigenvalue weighted by Crippen LogP contribution is 2.16. The van der Waals surface area contributed by atoms with Gasteiger partial charge in [-0.1, -0.05) is 18.2 Å². The molecule has 9 heteroatoms. The Morgan fingerprint density at radius 1 is 1.03 bits per heavy atom. The number of nitrogens with zero attached hydrogens (tertiary/aromatic N) is 4. The lowest BCUT2D eigenvalue weighted by molar-refractivity contribution is 0.117. The zero-order chi connectivity index (χ0) is 20.2. The van der Waals surface area contributed by atoms with Gasteiger partial charge in [0.2, 0.25) is 5.89 Å². The highest BCUT2D eigenvalue weighted by Gasteiger charge is 2.22. The molecular weight excluding hydrogens is 377 g/mol. The van der Waals surface area contributed by atoms with E-state index in [0.29, 0.717) is 31.7 Å². The molecule has 2 heterocycles. The largest absolute Gasteiger partial charge is 0.438 e. The number of nitrogens with one attached hydrogen (secondary N) is 1. The Bertz CT molecular complexity index is 1020. The van der Waals surface area contributed by atoms with Gasteiger partial charge in [0.1, 0.15) is 12.5 Å². The van der Waals surface area contributed by atoms with Crippen LogP contribution in [-0.4, -0.2) is 51.8 Å². The average molecular weight is 397 g/mol. The zero-order valence-corrected chi connectivity index (χ0v) is 15.6. The first-order chi connectivity index (χ1) is 14.1. The van der Waals surface area contributed by atoms with Crippen LogP contribution >= 0.6 is 0 Å². The van der Waals surface area contributed by atoms with E-state index in [9.17, 15) is 14.0 Å². The molecule has 0 aliphatic carbocycles. The number of hydrogen-bond donors (Lipinski definition) is 1. The SMILES string of the molecule is O=C(Nc1ccccc1)N1CCN(Cn2nc(-c3ccc(F)cc3)oc2=O)CC1. The number of amides is 2. The molecule has 2 aromatic carbocycles. The third-order valence-corrected chi connectivity index (χ3v) is 4.72. The molecule has 1 fully saturated rings. The van der Waals surface area contributed by atoms with Crippen LogP contribution in [0.3, 0.4) is 0 Å². The van der Waals surface area contributed by atoms with Crippen molar-refractivity contribution in [3.8, 4) is 11.5 Å². The molecule has 4 rings (SSSR count). The number of urea groups is 1. The lowest BCUT2D eigenvalue weighted by atomic mass is 10.2. The summed E-state index contributed by atoms with van der Waals surface area (Å²) in [5, 5.41) is 7.06. The average Bonchev–Trinajstić information content (AvgIpc) is 3.10. The molecule has 1 aromatic heterocycles. The Morgan fingerprint density at radius 2 is 1.72 bits per heavy atom. The van der Waals surface area contributed by atoms with Gasteiger partial charge in [-0.2, -0.15) is 4.68 Å². The number of para-hydroxylation sites is 1. The van der Waals surface area contributed by atoms with E-state index in [1.54, 1.807) is 4.90 Å². The van der Waals surface area contributed by atoms with Gasteiger partial charge in [0.25, 0.3) is 0 Å². The van der Waals surface area contributed by atoms with E-state index in [4.69, 9.17) is 4.42 Å². The fraction of sp³-hybridized carbons (Fsp3) is 0.250. The second-order valence-electron chi connectivity index (χ2n) is 6.72. The maximum absolute atomic E-state index is 13.0. The monoisotopic (exact) mass is 397 g/mol. The van der Waals surface area contributed by atoms with Crippen LogP contribution in [0.1, 0.15) is 0 Å². The van der Waals surface area contributed by atoms with Crippen LogP contribution in [0.15, 0.2) is 63.8 Å². The summed E-state index contributed by atoms with van der Waals surface area (Å²) in [6, 6.07) is 14.7. The van der Waals surface area contributed by atoms with Gasteiger partial charge < -0.3 is 14.6 Å². The molecular formula is C20H20FN5O3. The number of piperazine rings is 1. The summed E-state index contributed by atoms with van der Waals surface area (Å²) in [7, 11) is 0. The summed E-state index contributed by atoms with van der Waals surface area (Å²) in [6.45, 7) is 2.55. The fourth-order valence-corrected chi connectivity index (χ4v) is 3.11. The maximum Gasteiger partial charge on any atom is 0.438 e. The molecule has 1 N–H and O–H groups in total. The minimum absolute atomic E-state index is 0.145. The van der Waals surface area contributed by atoms with Gasteiger partial charge in [-0.3, -0.25) is 4.90 Å². The van der Waals surface area contributed by atoms with E-state index in [1.807, 2.05) is 35.2 Å².